The Balaban J connectivity index is 1.30. The van der Waals surface area contributed by atoms with Crippen LogP contribution >= 0.6 is 0 Å². The Morgan fingerprint density at radius 1 is 1.02 bits per heavy atom. The van der Waals surface area contributed by atoms with E-state index in [2.05, 4.69) is 37.7 Å². The summed E-state index contributed by atoms with van der Waals surface area (Å²) in [7, 11) is 3.16. The number of methoxy groups -OCH3 is 2. The van der Waals surface area contributed by atoms with Crippen LogP contribution in [0.5, 0.6) is 11.5 Å². The third-order valence-corrected chi connectivity index (χ3v) is 7.61. The van der Waals surface area contributed by atoms with Crippen molar-refractivity contribution in [2.24, 2.45) is 0 Å². The number of nitrogens with one attached hydrogen (secondary N) is 2. The fraction of sp³-hybridized carbons (Fsp3) is 0.387. The summed E-state index contributed by atoms with van der Waals surface area (Å²) in [6, 6.07) is 15.0. The van der Waals surface area contributed by atoms with Gasteiger partial charge in [0, 0.05) is 56.2 Å². The normalized spacial score (nSPS) is 14.4. The first-order chi connectivity index (χ1) is 20.3. The molecule has 1 atom stereocenters. The number of hydrogen-bond donors (Lipinski definition) is 2. The van der Waals surface area contributed by atoms with Gasteiger partial charge in [-0.2, -0.15) is 14.6 Å². The van der Waals surface area contributed by atoms with E-state index in [1.165, 1.54) is 18.8 Å². The maximum Gasteiger partial charge on any atom is 0.254 e. The molecule has 0 bridgehead atoms. The van der Waals surface area contributed by atoms with Crippen LogP contribution in [0.2, 0.25) is 0 Å². The molecule has 2 aromatic heterocycles. The number of benzene rings is 2. The van der Waals surface area contributed by atoms with Crippen LogP contribution in [-0.4, -0.2) is 70.8 Å². The summed E-state index contributed by atoms with van der Waals surface area (Å²) in [5, 5.41) is 10.5. The second-order valence-corrected chi connectivity index (χ2v) is 10.6. The number of amides is 2. The van der Waals surface area contributed by atoms with Crippen molar-refractivity contribution in [3.05, 3.63) is 77.2 Å². The molecule has 0 aliphatic carbocycles. The van der Waals surface area contributed by atoms with E-state index in [9.17, 15) is 9.59 Å². The molecule has 1 aliphatic heterocycles. The number of fused-ring (bicyclic) bond motifs is 1. The number of ether oxygens (including phenoxy) is 2. The Labute approximate surface area is 245 Å². The first-order valence-electron chi connectivity index (χ1n) is 14.1. The van der Waals surface area contributed by atoms with Crippen molar-refractivity contribution in [3.63, 3.8) is 0 Å². The number of carbonyl (C=O) groups excluding carboxylic acids is 2. The molecule has 0 spiro atoms. The smallest absolute Gasteiger partial charge is 0.254 e. The van der Waals surface area contributed by atoms with Crippen molar-refractivity contribution < 1.29 is 19.1 Å². The predicted molar refractivity (Wildman–Crippen MR) is 159 cm³/mol. The van der Waals surface area contributed by atoms with Crippen LogP contribution in [0.25, 0.3) is 5.78 Å². The van der Waals surface area contributed by atoms with Crippen LogP contribution < -0.4 is 25.0 Å². The summed E-state index contributed by atoms with van der Waals surface area (Å²) < 4.78 is 12.6. The maximum absolute atomic E-state index is 13.4. The van der Waals surface area contributed by atoms with E-state index in [0.717, 1.165) is 55.0 Å². The molecule has 2 amide bonds. The molecule has 0 unspecified atom stereocenters. The fourth-order valence-corrected chi connectivity index (χ4v) is 5.51. The molecule has 1 aliphatic rings. The van der Waals surface area contributed by atoms with Gasteiger partial charge in [0.25, 0.3) is 5.78 Å². The standard InChI is InChI=1S/C31H37N7O4/c1-20-27(16-22-8-6-5-7-9-22)30(38-31(34-20)32-19-33-38)37-12-10-24(11-13-37)36-29(40)28(35-21(2)39)17-23-14-25(41-3)18-26(15-23)42-4/h5-9,14-15,18-19,24,28H,10-13,16-17H2,1-4H3,(H,35,39)(H,36,40)/t28-/m1/s1. The van der Waals surface area contributed by atoms with Crippen LogP contribution in [0.15, 0.2) is 54.9 Å². The van der Waals surface area contributed by atoms with Gasteiger partial charge in [0.2, 0.25) is 11.8 Å². The van der Waals surface area contributed by atoms with Crippen LogP contribution in [0.4, 0.5) is 5.82 Å². The highest BCUT2D eigenvalue weighted by atomic mass is 16.5. The average Bonchev–Trinajstić information content (AvgIpc) is 3.45. The number of aromatic nitrogens is 4. The molecule has 4 aromatic rings. The first-order valence-corrected chi connectivity index (χ1v) is 14.1. The molecule has 0 radical (unpaired) electrons. The Kier molecular flexibility index (Phi) is 8.85. The lowest BCUT2D eigenvalue weighted by atomic mass is 10.00. The summed E-state index contributed by atoms with van der Waals surface area (Å²) in [5.41, 5.74) is 4.06. The molecule has 220 valence electrons. The molecule has 42 heavy (non-hydrogen) atoms. The van der Waals surface area contributed by atoms with Crippen molar-refractivity contribution >= 4 is 23.4 Å². The van der Waals surface area contributed by atoms with Crippen molar-refractivity contribution in [1.82, 2.24) is 30.2 Å². The molecule has 11 nitrogen and oxygen atoms in total. The molecule has 3 heterocycles. The van der Waals surface area contributed by atoms with Crippen LogP contribution in [0.3, 0.4) is 0 Å². The van der Waals surface area contributed by atoms with Crippen molar-refractivity contribution in [2.45, 2.75) is 51.6 Å². The minimum atomic E-state index is -0.729. The van der Waals surface area contributed by atoms with Crippen LogP contribution in [-0.2, 0) is 22.4 Å². The Morgan fingerprint density at radius 2 is 1.71 bits per heavy atom. The van der Waals surface area contributed by atoms with Crippen molar-refractivity contribution in [3.8, 4) is 11.5 Å². The van der Waals surface area contributed by atoms with Gasteiger partial charge in [-0.3, -0.25) is 9.59 Å². The van der Waals surface area contributed by atoms with Gasteiger partial charge in [0.15, 0.2) is 0 Å². The molecule has 1 saturated heterocycles. The third kappa shape index (κ3) is 6.62. The summed E-state index contributed by atoms with van der Waals surface area (Å²) in [6.45, 7) is 4.88. The van der Waals surface area contributed by atoms with Crippen molar-refractivity contribution in [1.29, 1.82) is 0 Å². The monoisotopic (exact) mass is 571 g/mol. The van der Waals surface area contributed by atoms with Gasteiger partial charge in [0.05, 0.1) is 14.2 Å². The molecule has 5 rings (SSSR count). The number of rotatable bonds is 10. The zero-order valence-corrected chi connectivity index (χ0v) is 24.5. The number of hydrogen-bond acceptors (Lipinski definition) is 8. The van der Waals surface area contributed by atoms with Crippen molar-refractivity contribution in [2.75, 3.05) is 32.2 Å². The van der Waals surface area contributed by atoms with Gasteiger partial charge in [-0.15, -0.1) is 0 Å². The highest BCUT2D eigenvalue weighted by molar-refractivity contribution is 5.87. The second-order valence-electron chi connectivity index (χ2n) is 10.6. The number of aryl methyl sites for hydroxylation is 1. The summed E-state index contributed by atoms with van der Waals surface area (Å²) >= 11 is 0. The van der Waals surface area contributed by atoms with E-state index in [1.54, 1.807) is 20.3 Å². The minimum Gasteiger partial charge on any atom is -0.497 e. The topological polar surface area (TPSA) is 123 Å². The molecule has 2 N–H and O–H groups in total. The van der Waals surface area contributed by atoms with E-state index in [-0.39, 0.29) is 17.9 Å². The minimum absolute atomic E-state index is 0.0309. The first kappa shape index (κ1) is 28.8. The van der Waals surface area contributed by atoms with E-state index >= 15 is 0 Å². The van der Waals surface area contributed by atoms with Gasteiger partial charge >= 0.3 is 0 Å². The van der Waals surface area contributed by atoms with Crippen LogP contribution in [0.1, 0.15) is 42.1 Å². The van der Waals surface area contributed by atoms with E-state index < -0.39 is 6.04 Å². The molecular formula is C31H37N7O4. The Morgan fingerprint density at radius 3 is 2.36 bits per heavy atom. The average molecular weight is 572 g/mol. The SMILES string of the molecule is COc1cc(C[C@@H](NC(C)=O)C(=O)NC2CCN(c3c(Cc4ccccc4)c(C)nc4ncnn34)CC2)cc(OC)c1. The zero-order chi connectivity index (χ0) is 29.6. The van der Waals surface area contributed by atoms with E-state index in [4.69, 9.17) is 14.5 Å². The van der Waals surface area contributed by atoms with E-state index in [0.29, 0.717) is 23.7 Å². The van der Waals surface area contributed by atoms with Gasteiger partial charge in [-0.05, 0) is 43.0 Å². The lowest BCUT2D eigenvalue weighted by Crippen LogP contribution is -2.52. The summed E-state index contributed by atoms with van der Waals surface area (Å²) in [6.07, 6.45) is 4.06. The number of nitrogens with zero attached hydrogens (tertiary/aromatic N) is 5. The Bertz CT molecular complexity index is 1530. The summed E-state index contributed by atoms with van der Waals surface area (Å²) in [4.78, 5) is 36.8. The highest BCUT2D eigenvalue weighted by Crippen LogP contribution is 2.29. The molecular weight excluding hydrogens is 534 g/mol. The molecule has 1 fully saturated rings. The van der Waals surface area contributed by atoms with Gasteiger partial charge in [-0.1, -0.05) is 30.3 Å². The highest BCUT2D eigenvalue weighted by Gasteiger charge is 2.28. The lowest BCUT2D eigenvalue weighted by Gasteiger charge is -2.35. The van der Waals surface area contributed by atoms with Gasteiger partial charge < -0.3 is 25.0 Å². The largest absolute Gasteiger partial charge is 0.497 e. The zero-order valence-electron chi connectivity index (χ0n) is 24.5. The van der Waals surface area contributed by atoms with Crippen LogP contribution in [0, 0.1) is 6.92 Å². The summed E-state index contributed by atoms with van der Waals surface area (Å²) in [5.74, 6) is 2.33. The quantitative estimate of drug-likeness (QED) is 0.298. The van der Waals surface area contributed by atoms with Gasteiger partial charge in [0.1, 0.15) is 29.7 Å². The number of anilines is 1. The number of carbonyl (C=O) groups is 2. The molecule has 0 saturated carbocycles. The maximum atomic E-state index is 13.4. The van der Waals surface area contributed by atoms with E-state index in [1.807, 2.05) is 41.8 Å². The third-order valence-electron chi connectivity index (χ3n) is 7.61. The molecule has 2 aromatic carbocycles. The fourth-order valence-electron chi connectivity index (χ4n) is 5.51. The van der Waals surface area contributed by atoms with Gasteiger partial charge in [-0.25, -0.2) is 4.98 Å². The lowest BCUT2D eigenvalue weighted by molar-refractivity contribution is -0.128. The second kappa shape index (κ2) is 12.9. The predicted octanol–water partition coefficient (Wildman–Crippen LogP) is 2.87. The number of piperidine rings is 1. The molecule has 11 heteroatoms. The Hall–Kier alpha value is -4.67.